The van der Waals surface area contributed by atoms with Gasteiger partial charge in [-0.3, -0.25) is 9.59 Å². The number of aryl methyl sites for hydroxylation is 1. The molecule has 0 saturated heterocycles. The molecule has 0 heterocycles. The normalized spacial score (nSPS) is 11.4. The molecule has 0 fully saturated rings. The monoisotopic (exact) mass is 545 g/mol. The molecule has 4 aromatic rings. The zero-order valence-corrected chi connectivity index (χ0v) is 22.4. The molecule has 0 spiro atoms. The van der Waals surface area contributed by atoms with Gasteiger partial charge in [0.15, 0.2) is 5.78 Å². The Labute approximate surface area is 229 Å². The van der Waals surface area contributed by atoms with Gasteiger partial charge in [0.25, 0.3) is 0 Å². The molecule has 0 aromatic heterocycles. The number of oxime groups is 1. The number of benzene rings is 4. The molecule has 7 heteroatoms. The molecular weight excluding hydrogens is 522 g/mol. The topological polar surface area (TPSA) is 66.7 Å². The summed E-state index contributed by atoms with van der Waals surface area (Å²) in [5.41, 5.74) is 2.89. The van der Waals surface area contributed by atoms with Crippen LogP contribution < -0.4 is 0 Å². The molecule has 0 aliphatic heterocycles. The highest BCUT2D eigenvalue weighted by Crippen LogP contribution is 2.29. The predicted octanol–water partition coefficient (Wildman–Crippen LogP) is 8.23. The van der Waals surface area contributed by atoms with Crippen LogP contribution in [0.25, 0.3) is 0 Å². The van der Waals surface area contributed by atoms with Crippen molar-refractivity contribution in [3.63, 3.8) is 0 Å². The zero-order valence-electron chi connectivity index (χ0n) is 20.1. The van der Waals surface area contributed by atoms with E-state index in [9.17, 15) is 14.8 Å². The van der Waals surface area contributed by atoms with Gasteiger partial charge in [-0.1, -0.05) is 52.8 Å². The number of thioether (sulfide) groups is 1. The van der Waals surface area contributed by atoms with Gasteiger partial charge in [0.1, 0.15) is 5.71 Å². The lowest BCUT2D eigenvalue weighted by molar-refractivity contribution is 0.103. The van der Waals surface area contributed by atoms with Crippen molar-refractivity contribution in [3.05, 3.63) is 124 Å². The van der Waals surface area contributed by atoms with Gasteiger partial charge in [0.2, 0.25) is 5.78 Å². The molecule has 37 heavy (non-hydrogen) atoms. The fourth-order valence-corrected chi connectivity index (χ4v) is 5.44. The summed E-state index contributed by atoms with van der Waals surface area (Å²) >= 11 is 9.01. The first-order valence-corrected chi connectivity index (χ1v) is 13.7. The first-order chi connectivity index (χ1) is 17.9. The Morgan fingerprint density at radius 3 is 1.95 bits per heavy atom. The molecule has 0 aliphatic rings. The van der Waals surface area contributed by atoms with Crippen molar-refractivity contribution < 1.29 is 14.8 Å². The number of hydrogen-bond acceptors (Lipinski definition) is 6. The molecule has 0 bridgehead atoms. The van der Waals surface area contributed by atoms with E-state index in [4.69, 9.17) is 11.6 Å². The quantitative estimate of drug-likeness (QED) is 0.0714. The number of halogens is 1. The Morgan fingerprint density at radius 1 is 0.784 bits per heavy atom. The van der Waals surface area contributed by atoms with Crippen LogP contribution in [0.4, 0.5) is 0 Å². The van der Waals surface area contributed by atoms with E-state index < -0.39 is 0 Å². The molecule has 4 nitrogen and oxygen atoms in total. The van der Waals surface area contributed by atoms with Crippen molar-refractivity contribution in [3.8, 4) is 0 Å². The van der Waals surface area contributed by atoms with Crippen LogP contribution in [0.2, 0.25) is 5.02 Å². The number of nitrogens with zero attached hydrogens (tertiary/aromatic N) is 1. The average molecular weight is 546 g/mol. The van der Waals surface area contributed by atoms with E-state index in [-0.39, 0.29) is 17.3 Å². The summed E-state index contributed by atoms with van der Waals surface area (Å²) in [5.74, 6) is 0.309. The minimum atomic E-state index is -0.296. The van der Waals surface area contributed by atoms with Gasteiger partial charge in [0.05, 0.1) is 0 Å². The molecule has 4 aromatic carbocycles. The lowest BCUT2D eigenvalue weighted by Gasteiger charge is -2.07. The summed E-state index contributed by atoms with van der Waals surface area (Å²) in [4.78, 5) is 28.6. The number of hydrogen-bond donors (Lipinski definition) is 1. The third-order valence-corrected chi connectivity index (χ3v) is 7.94. The Hall–Kier alpha value is -3.32. The van der Waals surface area contributed by atoms with Gasteiger partial charge in [-0.2, -0.15) is 0 Å². The highest BCUT2D eigenvalue weighted by molar-refractivity contribution is 7.99. The number of carbonyl (C=O) groups excluding carboxylic acids is 2. The summed E-state index contributed by atoms with van der Waals surface area (Å²) in [6.07, 6.45) is 0.340. The number of carbonyl (C=O) groups is 2. The smallest absolute Gasteiger partial charge is 0.210 e. The third-order valence-electron chi connectivity index (χ3n) is 5.66. The SMILES string of the molecule is Cc1ccccc1C(=O)c1ccc(Sc2ccc(C(=O)/C(CCSc3ccc(Cl)cc3)=N/O)cc2)cc1. The summed E-state index contributed by atoms with van der Waals surface area (Å²) < 4.78 is 0. The summed E-state index contributed by atoms with van der Waals surface area (Å²) in [6.45, 7) is 1.93. The van der Waals surface area contributed by atoms with Gasteiger partial charge >= 0.3 is 0 Å². The molecule has 0 unspecified atom stereocenters. The fraction of sp³-hybridized carbons (Fsp3) is 0.100. The van der Waals surface area contributed by atoms with Crippen molar-refractivity contribution in [2.75, 3.05) is 5.75 Å². The van der Waals surface area contributed by atoms with Crippen molar-refractivity contribution in [2.24, 2.45) is 5.16 Å². The van der Waals surface area contributed by atoms with Crippen LogP contribution in [-0.2, 0) is 0 Å². The predicted molar refractivity (Wildman–Crippen MR) is 152 cm³/mol. The Balaban J connectivity index is 1.34. The van der Waals surface area contributed by atoms with Crippen molar-refractivity contribution in [1.82, 2.24) is 0 Å². The van der Waals surface area contributed by atoms with Gasteiger partial charge in [-0.25, -0.2) is 0 Å². The van der Waals surface area contributed by atoms with Gasteiger partial charge in [-0.15, -0.1) is 11.8 Å². The zero-order chi connectivity index (χ0) is 26.2. The van der Waals surface area contributed by atoms with Gasteiger partial charge in [0, 0.05) is 48.6 Å². The highest BCUT2D eigenvalue weighted by Gasteiger charge is 2.15. The minimum absolute atomic E-state index is 0.00503. The van der Waals surface area contributed by atoms with E-state index in [1.54, 1.807) is 23.9 Å². The molecule has 4 rings (SSSR count). The summed E-state index contributed by atoms with van der Waals surface area (Å²) in [6, 6.07) is 29.7. The second kappa shape index (κ2) is 12.8. The number of ketones is 2. The van der Waals surface area contributed by atoms with Crippen LogP contribution >= 0.6 is 35.1 Å². The second-order valence-corrected chi connectivity index (χ2v) is 11.0. The first kappa shape index (κ1) is 26.7. The Bertz CT molecular complexity index is 1420. The standard InChI is InChI=1S/C30H24ClNO3S2/c1-20-4-2-3-5-27(20)29(33)21-6-12-25(13-7-21)37-26-14-8-22(9-15-26)30(34)28(32-35)18-19-36-24-16-10-23(31)11-17-24/h2-17,35H,18-19H2,1H3/b32-28+. The Morgan fingerprint density at radius 2 is 1.35 bits per heavy atom. The van der Waals surface area contributed by atoms with Crippen LogP contribution in [0.1, 0.15) is 38.3 Å². The number of rotatable bonds is 10. The van der Waals surface area contributed by atoms with Crippen molar-refractivity contribution >= 4 is 52.4 Å². The minimum Gasteiger partial charge on any atom is -0.411 e. The number of Topliss-reactive ketones (excluding diaryl/α,β-unsaturated/α-hetero) is 1. The largest absolute Gasteiger partial charge is 0.411 e. The van der Waals surface area contributed by atoms with Crippen molar-refractivity contribution in [2.45, 2.75) is 28.0 Å². The van der Waals surface area contributed by atoms with E-state index in [1.807, 2.05) is 91.9 Å². The first-order valence-electron chi connectivity index (χ1n) is 11.6. The lowest BCUT2D eigenvalue weighted by atomic mass is 9.99. The molecule has 0 aliphatic carbocycles. The van der Waals surface area contributed by atoms with Crippen LogP contribution in [0.15, 0.2) is 117 Å². The maximum absolute atomic E-state index is 12.8. The molecule has 0 saturated carbocycles. The van der Waals surface area contributed by atoms with E-state index >= 15 is 0 Å². The Kier molecular flexibility index (Phi) is 9.23. The van der Waals surface area contributed by atoms with Crippen molar-refractivity contribution in [1.29, 1.82) is 0 Å². The highest BCUT2D eigenvalue weighted by atomic mass is 35.5. The lowest BCUT2D eigenvalue weighted by Crippen LogP contribution is -2.15. The average Bonchev–Trinajstić information content (AvgIpc) is 2.92. The van der Waals surface area contributed by atoms with E-state index in [1.165, 1.54) is 11.8 Å². The van der Waals surface area contributed by atoms with Crippen LogP contribution in [0.5, 0.6) is 0 Å². The van der Waals surface area contributed by atoms with Crippen LogP contribution in [-0.4, -0.2) is 28.2 Å². The molecule has 0 radical (unpaired) electrons. The molecule has 186 valence electrons. The molecule has 1 N–H and O–H groups in total. The molecular formula is C30H24ClNO3S2. The van der Waals surface area contributed by atoms with Crippen LogP contribution in [0, 0.1) is 6.92 Å². The molecule has 0 amide bonds. The van der Waals surface area contributed by atoms with E-state index in [2.05, 4.69) is 5.16 Å². The molecule has 0 atom stereocenters. The van der Waals surface area contributed by atoms with E-state index in [0.29, 0.717) is 33.9 Å². The fourth-order valence-electron chi connectivity index (χ4n) is 3.64. The van der Waals surface area contributed by atoms with E-state index in [0.717, 1.165) is 20.2 Å². The summed E-state index contributed by atoms with van der Waals surface area (Å²) in [7, 11) is 0. The second-order valence-electron chi connectivity index (χ2n) is 8.22. The van der Waals surface area contributed by atoms with Gasteiger partial charge < -0.3 is 5.21 Å². The maximum atomic E-state index is 12.8. The maximum Gasteiger partial charge on any atom is 0.210 e. The van der Waals surface area contributed by atoms with Crippen LogP contribution in [0.3, 0.4) is 0 Å². The third kappa shape index (κ3) is 7.13. The summed E-state index contributed by atoms with van der Waals surface area (Å²) in [5, 5.41) is 13.3. The van der Waals surface area contributed by atoms with Gasteiger partial charge in [-0.05, 0) is 85.3 Å².